The van der Waals surface area contributed by atoms with E-state index in [1.54, 1.807) is 12.4 Å². The molecule has 0 spiro atoms. The fourth-order valence-electron chi connectivity index (χ4n) is 4.98. The zero-order valence-corrected chi connectivity index (χ0v) is 20.2. The highest BCUT2D eigenvalue weighted by Gasteiger charge is 2.30. The van der Waals surface area contributed by atoms with E-state index >= 15 is 0 Å². The number of carbonyl (C=O) groups excluding carboxylic acids is 1. The lowest BCUT2D eigenvalue weighted by molar-refractivity contribution is 0.111. The van der Waals surface area contributed by atoms with Crippen LogP contribution in [0.5, 0.6) is 5.75 Å². The van der Waals surface area contributed by atoms with Crippen molar-refractivity contribution in [2.24, 2.45) is 5.92 Å². The van der Waals surface area contributed by atoms with Crippen LogP contribution < -0.4 is 9.64 Å². The zero-order chi connectivity index (χ0) is 23.5. The van der Waals surface area contributed by atoms with Crippen molar-refractivity contribution in [3.63, 3.8) is 0 Å². The number of fused-ring (bicyclic) bond motifs is 1. The number of halogens is 1. The largest absolute Gasteiger partial charge is 0.490 e. The minimum absolute atomic E-state index is 0.0955. The van der Waals surface area contributed by atoms with Gasteiger partial charge < -0.3 is 9.64 Å². The van der Waals surface area contributed by atoms with E-state index in [0.29, 0.717) is 5.92 Å². The molecule has 2 atom stereocenters. The summed E-state index contributed by atoms with van der Waals surface area (Å²) in [5, 5.41) is 0.752. The number of nitrogens with zero attached hydrogens (tertiary/aromatic N) is 3. The highest BCUT2D eigenvalue weighted by atomic mass is 35.5. The van der Waals surface area contributed by atoms with Crippen LogP contribution in [-0.4, -0.2) is 41.7 Å². The molecule has 6 heteroatoms. The summed E-state index contributed by atoms with van der Waals surface area (Å²) >= 11 is 6.03. The van der Waals surface area contributed by atoms with Gasteiger partial charge in [-0.3, -0.25) is 9.88 Å². The lowest BCUT2D eigenvalue weighted by atomic mass is 9.90. The van der Waals surface area contributed by atoms with Gasteiger partial charge in [0.2, 0.25) is 0 Å². The molecule has 1 fully saturated rings. The smallest absolute Gasteiger partial charge is 0.324 e. The molecule has 176 valence electrons. The van der Waals surface area contributed by atoms with Gasteiger partial charge in [-0.15, -0.1) is 0 Å². The van der Waals surface area contributed by atoms with Gasteiger partial charge in [0, 0.05) is 42.7 Å². The summed E-state index contributed by atoms with van der Waals surface area (Å²) in [5.41, 5.74) is 4.56. The second kappa shape index (κ2) is 10.1. The van der Waals surface area contributed by atoms with Gasteiger partial charge in [-0.25, -0.2) is 4.79 Å². The van der Waals surface area contributed by atoms with E-state index in [1.807, 2.05) is 34.1 Å². The number of hydrogen-bond acceptors (Lipinski definition) is 3. The molecule has 3 aromatic rings. The summed E-state index contributed by atoms with van der Waals surface area (Å²) in [7, 11) is 0. The standard InChI is InChI=1S/C28H30ClN3O2/c1-20(3-2-16-31-17-18-32(28(31)33)25-12-14-30-15-13-25)26-10-7-23-19-22(6-11-27(23)34-26)21-4-8-24(29)9-5-21/h4-6,8-9,11-15,19-20,26H,2-3,7,10,16-18H2,1H3/t20-,26+/m0/s1. The molecule has 3 heterocycles. The van der Waals surface area contributed by atoms with E-state index in [2.05, 4.69) is 42.2 Å². The Labute approximate surface area is 206 Å². The van der Waals surface area contributed by atoms with Crippen LogP contribution in [-0.2, 0) is 6.42 Å². The maximum atomic E-state index is 12.8. The van der Waals surface area contributed by atoms with Gasteiger partial charge in [-0.1, -0.05) is 36.7 Å². The molecule has 2 amide bonds. The number of ether oxygens (including phenoxy) is 1. The molecule has 0 saturated carbocycles. The summed E-state index contributed by atoms with van der Waals surface area (Å²) in [5.74, 6) is 1.45. The minimum Gasteiger partial charge on any atom is -0.490 e. The normalized spacial score (nSPS) is 18.5. The fourth-order valence-corrected chi connectivity index (χ4v) is 5.10. The summed E-state index contributed by atoms with van der Waals surface area (Å²) in [6, 6.07) is 18.3. The lowest BCUT2D eigenvalue weighted by Gasteiger charge is -2.31. The summed E-state index contributed by atoms with van der Waals surface area (Å²) < 4.78 is 6.41. The molecule has 34 heavy (non-hydrogen) atoms. The van der Waals surface area contributed by atoms with Crippen LogP contribution in [0.2, 0.25) is 5.02 Å². The molecule has 1 saturated heterocycles. The molecular weight excluding hydrogens is 446 g/mol. The first-order valence-corrected chi connectivity index (χ1v) is 12.5. The van der Waals surface area contributed by atoms with Crippen LogP contribution in [0, 0.1) is 5.92 Å². The second-order valence-corrected chi connectivity index (χ2v) is 9.71. The molecule has 0 N–H and O–H groups in total. The molecule has 0 radical (unpaired) electrons. The van der Waals surface area contributed by atoms with Gasteiger partial charge >= 0.3 is 6.03 Å². The van der Waals surface area contributed by atoms with Gasteiger partial charge in [-0.2, -0.15) is 0 Å². The van der Waals surface area contributed by atoms with Crippen molar-refractivity contribution in [1.29, 1.82) is 0 Å². The number of rotatable bonds is 7. The molecule has 0 bridgehead atoms. The summed E-state index contributed by atoms with van der Waals surface area (Å²) in [6.45, 7) is 4.57. The van der Waals surface area contributed by atoms with Crippen molar-refractivity contribution in [3.8, 4) is 16.9 Å². The van der Waals surface area contributed by atoms with E-state index in [0.717, 1.165) is 61.8 Å². The van der Waals surface area contributed by atoms with Crippen LogP contribution in [0.25, 0.3) is 11.1 Å². The second-order valence-electron chi connectivity index (χ2n) is 9.27. The summed E-state index contributed by atoms with van der Waals surface area (Å²) in [4.78, 5) is 20.6. The molecule has 0 aliphatic carbocycles. The van der Waals surface area contributed by atoms with Crippen molar-refractivity contribution in [2.75, 3.05) is 24.5 Å². The quantitative estimate of drug-likeness (QED) is 0.394. The van der Waals surface area contributed by atoms with Crippen molar-refractivity contribution in [3.05, 3.63) is 77.6 Å². The average molecular weight is 476 g/mol. The Balaban J connectivity index is 1.12. The molecule has 2 aliphatic rings. The molecular formula is C28H30ClN3O2. The van der Waals surface area contributed by atoms with Crippen LogP contribution in [0.4, 0.5) is 10.5 Å². The van der Waals surface area contributed by atoms with Crippen LogP contribution >= 0.6 is 11.6 Å². The fraction of sp³-hybridized carbons (Fsp3) is 0.357. The minimum atomic E-state index is 0.0955. The Morgan fingerprint density at radius 3 is 2.62 bits per heavy atom. The third kappa shape index (κ3) is 4.90. The van der Waals surface area contributed by atoms with E-state index in [4.69, 9.17) is 16.3 Å². The first-order chi connectivity index (χ1) is 16.6. The maximum Gasteiger partial charge on any atom is 0.324 e. The van der Waals surface area contributed by atoms with E-state index < -0.39 is 0 Å². The van der Waals surface area contributed by atoms with Crippen molar-refractivity contribution < 1.29 is 9.53 Å². The number of aryl methyl sites for hydroxylation is 1. The number of urea groups is 1. The zero-order valence-electron chi connectivity index (χ0n) is 19.5. The Kier molecular flexibility index (Phi) is 6.73. The van der Waals surface area contributed by atoms with Crippen LogP contribution in [0.3, 0.4) is 0 Å². The van der Waals surface area contributed by atoms with Gasteiger partial charge in [0.05, 0.1) is 0 Å². The monoisotopic (exact) mass is 475 g/mol. The molecule has 5 rings (SSSR count). The van der Waals surface area contributed by atoms with Crippen molar-refractivity contribution in [2.45, 2.75) is 38.7 Å². The number of pyridine rings is 1. The predicted molar refractivity (Wildman–Crippen MR) is 137 cm³/mol. The number of carbonyl (C=O) groups is 1. The number of aromatic nitrogens is 1. The maximum absolute atomic E-state index is 12.8. The van der Waals surface area contributed by atoms with E-state index in [-0.39, 0.29) is 12.1 Å². The van der Waals surface area contributed by atoms with E-state index in [1.165, 1.54) is 16.7 Å². The Morgan fingerprint density at radius 2 is 1.82 bits per heavy atom. The first kappa shape index (κ1) is 22.7. The number of hydrogen-bond donors (Lipinski definition) is 0. The van der Waals surface area contributed by atoms with Crippen molar-refractivity contribution >= 4 is 23.3 Å². The summed E-state index contributed by atoms with van der Waals surface area (Å²) in [6.07, 6.45) is 7.76. The highest BCUT2D eigenvalue weighted by molar-refractivity contribution is 6.30. The third-order valence-electron chi connectivity index (χ3n) is 7.01. The third-order valence-corrected chi connectivity index (χ3v) is 7.26. The van der Waals surface area contributed by atoms with E-state index in [9.17, 15) is 4.79 Å². The topological polar surface area (TPSA) is 45.7 Å². The number of anilines is 1. The SMILES string of the molecule is C[C@@H](CCCN1CCN(c2ccncc2)C1=O)[C@H]1CCc2cc(-c3ccc(Cl)cc3)ccc2O1. The highest BCUT2D eigenvalue weighted by Crippen LogP contribution is 2.35. The Hall–Kier alpha value is -3.05. The number of benzene rings is 2. The van der Waals surface area contributed by atoms with Gasteiger partial charge in [-0.05, 0) is 84.7 Å². The molecule has 2 aliphatic heterocycles. The first-order valence-electron chi connectivity index (χ1n) is 12.1. The predicted octanol–water partition coefficient (Wildman–Crippen LogP) is 6.45. The van der Waals surface area contributed by atoms with Crippen molar-refractivity contribution in [1.82, 2.24) is 9.88 Å². The molecule has 2 aromatic carbocycles. The molecule has 1 aromatic heterocycles. The van der Waals surface area contributed by atoms with Gasteiger partial charge in [0.15, 0.2) is 0 Å². The lowest BCUT2D eigenvalue weighted by Crippen LogP contribution is -2.33. The van der Waals surface area contributed by atoms with Crippen LogP contribution in [0.1, 0.15) is 31.7 Å². The number of amides is 2. The Bertz CT molecular complexity index is 1140. The Morgan fingerprint density at radius 1 is 1.06 bits per heavy atom. The average Bonchev–Trinajstić information content (AvgIpc) is 3.24. The van der Waals surface area contributed by atoms with Gasteiger partial charge in [0.1, 0.15) is 11.9 Å². The molecule has 5 nitrogen and oxygen atoms in total. The van der Waals surface area contributed by atoms with Gasteiger partial charge in [0.25, 0.3) is 0 Å². The van der Waals surface area contributed by atoms with Crippen LogP contribution in [0.15, 0.2) is 67.0 Å². The molecule has 0 unspecified atom stereocenters.